The third-order valence-electron chi connectivity index (χ3n) is 3.09. The van der Waals surface area contributed by atoms with Crippen molar-refractivity contribution in [3.8, 4) is 0 Å². The summed E-state index contributed by atoms with van der Waals surface area (Å²) in [5.74, 6) is 0. The lowest BCUT2D eigenvalue weighted by atomic mass is 10.1. The van der Waals surface area contributed by atoms with E-state index in [2.05, 4.69) is 15.0 Å². The molecule has 0 bridgehead atoms. The molecule has 1 aliphatic carbocycles. The lowest BCUT2D eigenvalue weighted by Crippen LogP contribution is -2.34. The maximum absolute atomic E-state index is 11.9. The van der Waals surface area contributed by atoms with Crippen molar-refractivity contribution >= 4 is 10.0 Å². The zero-order valence-corrected chi connectivity index (χ0v) is 10.6. The average Bonchev–Trinajstić information content (AvgIpc) is 3.09. The molecule has 94 valence electrons. The smallest absolute Gasteiger partial charge is 0.242 e. The first-order valence-electron chi connectivity index (χ1n) is 5.62. The minimum atomic E-state index is -3.41. The van der Waals surface area contributed by atoms with Gasteiger partial charge in [0.15, 0.2) is 0 Å². The van der Waals surface area contributed by atoms with Crippen LogP contribution in [0, 0.1) is 5.41 Å². The number of hydrogen-bond donors (Lipinski definition) is 2. The van der Waals surface area contributed by atoms with Crippen LogP contribution in [0.5, 0.6) is 0 Å². The molecule has 1 saturated carbocycles. The van der Waals surface area contributed by atoms with Gasteiger partial charge in [-0.2, -0.15) is 0 Å². The molecule has 1 aliphatic rings. The highest BCUT2D eigenvalue weighted by molar-refractivity contribution is 7.89. The molecule has 0 amide bonds. The number of pyridine rings is 1. The van der Waals surface area contributed by atoms with Crippen molar-refractivity contribution in [1.82, 2.24) is 15.0 Å². The van der Waals surface area contributed by atoms with Crippen LogP contribution in [-0.2, 0) is 10.0 Å². The summed E-state index contributed by atoms with van der Waals surface area (Å²) in [6, 6.07) is 3.17. The fourth-order valence-electron chi connectivity index (χ4n) is 1.81. The molecule has 1 heterocycles. The van der Waals surface area contributed by atoms with Crippen LogP contribution in [-0.4, -0.2) is 33.5 Å². The van der Waals surface area contributed by atoms with Crippen LogP contribution in [0.25, 0.3) is 0 Å². The van der Waals surface area contributed by atoms with E-state index < -0.39 is 10.0 Å². The van der Waals surface area contributed by atoms with E-state index in [9.17, 15) is 8.42 Å². The van der Waals surface area contributed by atoms with Gasteiger partial charge in [-0.15, -0.1) is 0 Å². The molecule has 1 aromatic rings. The summed E-state index contributed by atoms with van der Waals surface area (Å²) in [5.41, 5.74) is 0.115. The summed E-state index contributed by atoms with van der Waals surface area (Å²) in [6.07, 6.45) is 5.06. The maximum atomic E-state index is 11.9. The van der Waals surface area contributed by atoms with Gasteiger partial charge in [-0.1, -0.05) is 0 Å². The zero-order chi connectivity index (χ0) is 12.4. The fraction of sp³-hybridized carbons (Fsp3) is 0.545. The van der Waals surface area contributed by atoms with Crippen molar-refractivity contribution < 1.29 is 8.42 Å². The van der Waals surface area contributed by atoms with Crippen molar-refractivity contribution in [3.05, 3.63) is 24.5 Å². The first-order chi connectivity index (χ1) is 8.08. The number of nitrogens with zero attached hydrogens (tertiary/aromatic N) is 1. The third-order valence-corrected chi connectivity index (χ3v) is 4.48. The van der Waals surface area contributed by atoms with Crippen LogP contribution in [0.3, 0.4) is 0 Å². The maximum Gasteiger partial charge on any atom is 0.242 e. The second-order valence-electron chi connectivity index (χ2n) is 4.54. The van der Waals surface area contributed by atoms with Gasteiger partial charge in [0.1, 0.15) is 4.90 Å². The van der Waals surface area contributed by atoms with Crippen LogP contribution in [0.1, 0.15) is 12.8 Å². The molecule has 2 rings (SSSR count). The highest BCUT2D eigenvalue weighted by atomic mass is 32.2. The largest absolute Gasteiger partial charge is 0.319 e. The van der Waals surface area contributed by atoms with Crippen LogP contribution in [0.4, 0.5) is 0 Å². The summed E-state index contributed by atoms with van der Waals surface area (Å²) >= 11 is 0. The van der Waals surface area contributed by atoms with Crippen LogP contribution >= 0.6 is 0 Å². The standard InChI is InChI=1S/C11H17N3O2S/c1-12-8-11(4-5-11)9-14-17(15,16)10-3-2-6-13-7-10/h2-3,6-7,12,14H,4-5,8-9H2,1H3. The Morgan fingerprint density at radius 2 is 2.18 bits per heavy atom. The molecule has 17 heavy (non-hydrogen) atoms. The summed E-state index contributed by atoms with van der Waals surface area (Å²) in [4.78, 5) is 4.04. The summed E-state index contributed by atoms with van der Waals surface area (Å²) < 4.78 is 26.5. The van der Waals surface area contributed by atoms with Gasteiger partial charge in [-0.3, -0.25) is 4.98 Å². The first kappa shape index (κ1) is 12.5. The van der Waals surface area contributed by atoms with E-state index in [1.165, 1.54) is 6.20 Å². The van der Waals surface area contributed by atoms with Crippen LogP contribution < -0.4 is 10.0 Å². The second kappa shape index (κ2) is 4.72. The van der Waals surface area contributed by atoms with Crippen molar-refractivity contribution in [2.75, 3.05) is 20.1 Å². The van der Waals surface area contributed by atoms with E-state index in [1.54, 1.807) is 18.3 Å². The summed E-state index contributed by atoms with van der Waals surface area (Å²) in [5, 5.41) is 3.10. The average molecular weight is 255 g/mol. The Morgan fingerprint density at radius 1 is 1.41 bits per heavy atom. The van der Waals surface area contributed by atoms with Crippen molar-refractivity contribution in [2.45, 2.75) is 17.7 Å². The van der Waals surface area contributed by atoms with Crippen LogP contribution in [0.15, 0.2) is 29.4 Å². The monoisotopic (exact) mass is 255 g/mol. The molecule has 0 atom stereocenters. The summed E-state index contributed by atoms with van der Waals surface area (Å²) in [7, 11) is -1.53. The molecule has 1 aromatic heterocycles. The Kier molecular flexibility index (Phi) is 3.46. The van der Waals surface area contributed by atoms with Gasteiger partial charge >= 0.3 is 0 Å². The minimum Gasteiger partial charge on any atom is -0.319 e. The minimum absolute atomic E-state index is 0.115. The van der Waals surface area contributed by atoms with E-state index >= 15 is 0 Å². The fourth-order valence-corrected chi connectivity index (χ4v) is 2.93. The Labute approximate surface area is 102 Å². The van der Waals surface area contributed by atoms with E-state index in [-0.39, 0.29) is 10.3 Å². The quantitative estimate of drug-likeness (QED) is 0.770. The van der Waals surface area contributed by atoms with Crippen molar-refractivity contribution in [2.24, 2.45) is 5.41 Å². The van der Waals surface area contributed by atoms with E-state index in [0.29, 0.717) is 6.54 Å². The normalized spacial score (nSPS) is 17.9. The number of nitrogens with one attached hydrogen (secondary N) is 2. The lowest BCUT2D eigenvalue weighted by molar-refractivity contribution is 0.468. The Balaban J connectivity index is 2.00. The number of aromatic nitrogens is 1. The molecule has 0 saturated heterocycles. The van der Waals surface area contributed by atoms with Crippen LogP contribution in [0.2, 0.25) is 0 Å². The van der Waals surface area contributed by atoms with Gasteiger partial charge in [0, 0.05) is 25.5 Å². The molecule has 1 fully saturated rings. The predicted molar refractivity (Wildman–Crippen MR) is 65.0 cm³/mol. The number of hydrogen-bond acceptors (Lipinski definition) is 4. The molecule has 0 aromatic carbocycles. The van der Waals surface area contributed by atoms with Crippen molar-refractivity contribution in [3.63, 3.8) is 0 Å². The molecule has 0 unspecified atom stereocenters. The van der Waals surface area contributed by atoms with Gasteiger partial charge in [0.2, 0.25) is 10.0 Å². The van der Waals surface area contributed by atoms with Gasteiger partial charge in [-0.25, -0.2) is 13.1 Å². The van der Waals surface area contributed by atoms with Gasteiger partial charge < -0.3 is 5.32 Å². The molecule has 0 spiro atoms. The SMILES string of the molecule is CNCC1(CNS(=O)(=O)c2cccnc2)CC1. The Morgan fingerprint density at radius 3 is 2.71 bits per heavy atom. The molecular formula is C11H17N3O2S. The van der Waals surface area contributed by atoms with Gasteiger partial charge in [0.05, 0.1) is 0 Å². The number of rotatable bonds is 6. The van der Waals surface area contributed by atoms with E-state index in [0.717, 1.165) is 19.4 Å². The molecule has 2 N–H and O–H groups in total. The topological polar surface area (TPSA) is 71.1 Å². The molecular weight excluding hydrogens is 238 g/mol. The molecule has 6 heteroatoms. The summed E-state index contributed by atoms with van der Waals surface area (Å²) in [6.45, 7) is 1.34. The molecule has 0 aliphatic heterocycles. The highest BCUT2D eigenvalue weighted by Gasteiger charge is 2.42. The Bertz CT molecular complexity index is 469. The van der Waals surface area contributed by atoms with Gasteiger partial charge in [0.25, 0.3) is 0 Å². The van der Waals surface area contributed by atoms with Gasteiger partial charge in [-0.05, 0) is 37.4 Å². The Hall–Kier alpha value is -0.980. The van der Waals surface area contributed by atoms with E-state index in [1.807, 2.05) is 7.05 Å². The highest BCUT2D eigenvalue weighted by Crippen LogP contribution is 2.44. The zero-order valence-electron chi connectivity index (χ0n) is 9.81. The second-order valence-corrected chi connectivity index (χ2v) is 6.31. The number of sulfonamides is 1. The van der Waals surface area contributed by atoms with E-state index in [4.69, 9.17) is 0 Å². The third kappa shape index (κ3) is 3.02. The lowest BCUT2D eigenvalue weighted by Gasteiger charge is -2.15. The predicted octanol–water partition coefficient (Wildman–Crippen LogP) is 0.359. The van der Waals surface area contributed by atoms with Crippen molar-refractivity contribution in [1.29, 1.82) is 0 Å². The molecule has 5 nitrogen and oxygen atoms in total. The first-order valence-corrected chi connectivity index (χ1v) is 7.11. The molecule has 0 radical (unpaired) electrons.